The van der Waals surface area contributed by atoms with Crippen LogP contribution in [0.2, 0.25) is 5.02 Å². The number of unbranched alkanes of at least 4 members (excludes halogenated alkanes) is 1. The van der Waals surface area contributed by atoms with Crippen LogP contribution in [0.4, 0.5) is 11.4 Å². The predicted octanol–water partition coefficient (Wildman–Crippen LogP) is 4.44. The lowest BCUT2D eigenvalue weighted by atomic mass is 10.1. The molecule has 2 aromatic carbocycles. The number of benzene rings is 2. The van der Waals surface area contributed by atoms with Gasteiger partial charge < -0.3 is 5.32 Å². The zero-order valence-corrected chi connectivity index (χ0v) is 15.7. The fourth-order valence-corrected chi connectivity index (χ4v) is 3.58. The first-order valence-corrected chi connectivity index (χ1v) is 9.87. The van der Waals surface area contributed by atoms with E-state index in [1.54, 1.807) is 24.3 Å². The van der Waals surface area contributed by atoms with Crippen molar-refractivity contribution in [2.45, 2.75) is 38.0 Å². The fourth-order valence-electron chi connectivity index (χ4n) is 2.30. The van der Waals surface area contributed by atoms with E-state index in [9.17, 15) is 13.2 Å². The normalized spacial score (nSPS) is 11.2. The van der Waals surface area contributed by atoms with Crippen molar-refractivity contribution < 1.29 is 13.2 Å². The number of hydrogen-bond donors (Lipinski definition) is 2. The molecule has 25 heavy (non-hydrogen) atoms. The standard InChI is InChI=1S/C18H21ClN2O3S/c1-3-4-5-14-6-9-16(10-7-14)25(23,24)21-15-8-11-18(17(19)12-15)20-13(2)22/h6-12,21H,3-5H2,1-2H3,(H,20,22). The largest absolute Gasteiger partial charge is 0.325 e. The Labute approximate surface area is 153 Å². The molecule has 7 heteroatoms. The Balaban J connectivity index is 2.15. The van der Waals surface area contributed by atoms with Crippen molar-refractivity contribution in [1.29, 1.82) is 0 Å². The van der Waals surface area contributed by atoms with Gasteiger partial charge in [-0.15, -0.1) is 0 Å². The summed E-state index contributed by atoms with van der Waals surface area (Å²) in [5.74, 6) is -0.251. The Kier molecular flexibility index (Phi) is 6.45. The van der Waals surface area contributed by atoms with Gasteiger partial charge in [-0.1, -0.05) is 37.1 Å². The highest BCUT2D eigenvalue weighted by molar-refractivity contribution is 7.92. The van der Waals surface area contributed by atoms with Crippen LogP contribution in [0.15, 0.2) is 47.4 Å². The molecule has 0 aliphatic carbocycles. The number of anilines is 2. The van der Waals surface area contributed by atoms with Gasteiger partial charge in [0.2, 0.25) is 5.91 Å². The average molecular weight is 381 g/mol. The smallest absolute Gasteiger partial charge is 0.261 e. The molecule has 2 aromatic rings. The highest BCUT2D eigenvalue weighted by Crippen LogP contribution is 2.27. The van der Waals surface area contributed by atoms with E-state index in [-0.39, 0.29) is 15.8 Å². The van der Waals surface area contributed by atoms with E-state index in [1.165, 1.54) is 13.0 Å². The molecule has 5 nitrogen and oxygen atoms in total. The van der Waals surface area contributed by atoms with Crippen molar-refractivity contribution in [2.24, 2.45) is 0 Å². The minimum absolute atomic E-state index is 0.190. The maximum Gasteiger partial charge on any atom is 0.261 e. The number of hydrogen-bond acceptors (Lipinski definition) is 3. The molecule has 2 rings (SSSR count). The van der Waals surface area contributed by atoms with Crippen molar-refractivity contribution in [3.63, 3.8) is 0 Å². The summed E-state index contributed by atoms with van der Waals surface area (Å²) in [6, 6.07) is 11.4. The molecule has 0 saturated carbocycles. The second kappa shape index (κ2) is 8.36. The van der Waals surface area contributed by atoms with Gasteiger partial charge in [0, 0.05) is 6.92 Å². The first-order chi connectivity index (χ1) is 11.8. The highest BCUT2D eigenvalue weighted by atomic mass is 35.5. The van der Waals surface area contributed by atoms with Gasteiger partial charge in [-0.05, 0) is 48.7 Å². The molecule has 0 saturated heterocycles. The SMILES string of the molecule is CCCCc1ccc(S(=O)(=O)Nc2ccc(NC(C)=O)c(Cl)c2)cc1. The van der Waals surface area contributed by atoms with Crippen LogP contribution in [-0.2, 0) is 21.2 Å². The number of carbonyl (C=O) groups is 1. The molecule has 0 heterocycles. The van der Waals surface area contributed by atoms with Gasteiger partial charge in [0.1, 0.15) is 0 Å². The Bertz CT molecular complexity index is 849. The van der Waals surface area contributed by atoms with Gasteiger partial charge in [-0.2, -0.15) is 0 Å². The Morgan fingerprint density at radius 3 is 2.36 bits per heavy atom. The number of nitrogens with one attached hydrogen (secondary N) is 2. The zero-order chi connectivity index (χ0) is 18.4. The Hall–Kier alpha value is -2.05. The maximum atomic E-state index is 12.5. The minimum atomic E-state index is -3.70. The van der Waals surface area contributed by atoms with Gasteiger partial charge in [-0.25, -0.2) is 8.42 Å². The number of halogens is 1. The van der Waals surface area contributed by atoms with Crippen LogP contribution in [-0.4, -0.2) is 14.3 Å². The Morgan fingerprint density at radius 2 is 1.80 bits per heavy atom. The van der Waals surface area contributed by atoms with Gasteiger partial charge >= 0.3 is 0 Å². The van der Waals surface area contributed by atoms with Gasteiger partial charge in [0.15, 0.2) is 0 Å². The van der Waals surface area contributed by atoms with Crippen molar-refractivity contribution in [2.75, 3.05) is 10.0 Å². The van der Waals surface area contributed by atoms with Crippen molar-refractivity contribution in [1.82, 2.24) is 0 Å². The van der Waals surface area contributed by atoms with E-state index >= 15 is 0 Å². The summed E-state index contributed by atoms with van der Waals surface area (Å²) in [5.41, 5.74) is 1.87. The number of aryl methyl sites for hydroxylation is 1. The van der Waals surface area contributed by atoms with Crippen molar-refractivity contribution in [3.8, 4) is 0 Å². The van der Waals surface area contributed by atoms with Gasteiger partial charge in [0.25, 0.3) is 10.0 Å². The maximum absolute atomic E-state index is 12.5. The molecule has 0 unspecified atom stereocenters. The van der Waals surface area contributed by atoms with Crippen molar-refractivity contribution in [3.05, 3.63) is 53.1 Å². The molecule has 0 bridgehead atoms. The summed E-state index contributed by atoms with van der Waals surface area (Å²) in [4.78, 5) is 11.3. The van der Waals surface area contributed by atoms with Crippen LogP contribution < -0.4 is 10.0 Å². The first kappa shape index (κ1) is 19.3. The molecule has 0 radical (unpaired) electrons. The molecule has 2 N–H and O–H groups in total. The summed E-state index contributed by atoms with van der Waals surface area (Å²) < 4.78 is 27.4. The summed E-state index contributed by atoms with van der Waals surface area (Å²) in [6.45, 7) is 3.49. The zero-order valence-electron chi connectivity index (χ0n) is 14.2. The number of amides is 1. The molecule has 0 fully saturated rings. The molecular formula is C18H21ClN2O3S. The third-order valence-electron chi connectivity index (χ3n) is 3.58. The Morgan fingerprint density at radius 1 is 1.12 bits per heavy atom. The quantitative estimate of drug-likeness (QED) is 0.745. The monoisotopic (exact) mass is 380 g/mol. The topological polar surface area (TPSA) is 75.3 Å². The van der Waals surface area contributed by atoms with Crippen molar-refractivity contribution >= 4 is 38.9 Å². The second-order valence-corrected chi connectivity index (χ2v) is 7.82. The number of sulfonamides is 1. The summed E-state index contributed by atoms with van der Waals surface area (Å²) in [6.07, 6.45) is 3.10. The number of rotatable bonds is 7. The van der Waals surface area contributed by atoms with Crippen LogP contribution in [0.1, 0.15) is 32.3 Å². The van der Waals surface area contributed by atoms with E-state index in [0.29, 0.717) is 11.4 Å². The molecule has 0 aliphatic heterocycles. The second-order valence-electron chi connectivity index (χ2n) is 5.73. The summed E-state index contributed by atoms with van der Waals surface area (Å²) >= 11 is 6.07. The fraction of sp³-hybridized carbons (Fsp3) is 0.278. The average Bonchev–Trinajstić information content (AvgIpc) is 2.55. The lowest BCUT2D eigenvalue weighted by molar-refractivity contribution is -0.114. The van der Waals surface area contributed by atoms with Crippen LogP contribution >= 0.6 is 11.6 Å². The lowest BCUT2D eigenvalue weighted by Gasteiger charge is -2.11. The van der Waals surface area contributed by atoms with E-state index in [4.69, 9.17) is 11.6 Å². The van der Waals surface area contributed by atoms with Gasteiger partial charge in [-0.3, -0.25) is 9.52 Å². The third kappa shape index (κ3) is 5.47. The van der Waals surface area contributed by atoms with Crippen LogP contribution in [0, 0.1) is 0 Å². The van der Waals surface area contributed by atoms with E-state index < -0.39 is 10.0 Å². The molecule has 1 amide bonds. The predicted molar refractivity (Wildman–Crippen MR) is 102 cm³/mol. The summed E-state index contributed by atoms with van der Waals surface area (Å²) in [7, 11) is -3.70. The molecule has 0 spiro atoms. The molecule has 0 aromatic heterocycles. The van der Waals surface area contributed by atoms with Crippen LogP contribution in [0.25, 0.3) is 0 Å². The van der Waals surface area contributed by atoms with E-state index in [0.717, 1.165) is 24.8 Å². The molecular weight excluding hydrogens is 360 g/mol. The van der Waals surface area contributed by atoms with Crippen LogP contribution in [0.3, 0.4) is 0 Å². The van der Waals surface area contributed by atoms with E-state index in [2.05, 4.69) is 17.0 Å². The number of carbonyl (C=O) groups excluding carboxylic acids is 1. The lowest BCUT2D eigenvalue weighted by Crippen LogP contribution is -2.13. The minimum Gasteiger partial charge on any atom is -0.325 e. The first-order valence-electron chi connectivity index (χ1n) is 8.00. The van der Waals surface area contributed by atoms with E-state index in [1.807, 2.05) is 12.1 Å². The third-order valence-corrected chi connectivity index (χ3v) is 5.29. The summed E-state index contributed by atoms with van der Waals surface area (Å²) in [5, 5.41) is 2.82. The molecule has 0 aliphatic rings. The highest BCUT2D eigenvalue weighted by Gasteiger charge is 2.15. The molecule has 134 valence electrons. The van der Waals surface area contributed by atoms with Gasteiger partial charge in [0.05, 0.1) is 21.3 Å². The van der Waals surface area contributed by atoms with Crippen LogP contribution in [0.5, 0.6) is 0 Å². The molecule has 0 atom stereocenters.